The predicted octanol–water partition coefficient (Wildman–Crippen LogP) is 3.29. The molecule has 0 spiro atoms. The molecule has 0 aromatic carbocycles. The van der Waals surface area contributed by atoms with E-state index < -0.39 is 6.43 Å². The van der Waals surface area contributed by atoms with Gasteiger partial charge in [-0.25, -0.2) is 13.8 Å². The van der Waals surface area contributed by atoms with E-state index in [-0.39, 0.29) is 16.6 Å². The molecule has 0 saturated heterocycles. The molecule has 1 aromatic rings. The molecule has 0 radical (unpaired) electrons. The molecule has 0 aliphatic heterocycles. The number of nitrogens with zero attached hydrogens (tertiary/aromatic N) is 1. The quantitative estimate of drug-likeness (QED) is 0.781. The fourth-order valence-corrected chi connectivity index (χ4v) is 1.43. The lowest BCUT2D eigenvalue weighted by atomic mass is 10.3. The Hall–Kier alpha value is -0.170. The van der Waals surface area contributed by atoms with E-state index in [1.165, 1.54) is 7.11 Å². The van der Waals surface area contributed by atoms with E-state index in [1.54, 1.807) is 0 Å². The lowest BCUT2D eigenvalue weighted by molar-refractivity contribution is 0.145. The zero-order valence-corrected chi connectivity index (χ0v) is 9.44. The summed E-state index contributed by atoms with van der Waals surface area (Å²) in [4.78, 5) is 3.59. The molecule has 0 atom stereocenters. The molecule has 1 aromatic heterocycles. The minimum absolute atomic E-state index is 0.128. The number of hydrogen-bond acceptors (Lipinski definition) is 2. The maximum Gasteiger partial charge on any atom is 0.280 e. The van der Waals surface area contributed by atoms with Crippen LogP contribution in [0.25, 0.3) is 0 Å². The molecule has 0 fully saturated rings. The summed E-state index contributed by atoms with van der Waals surface area (Å²) in [5.74, 6) is 0.128. The van der Waals surface area contributed by atoms with E-state index in [0.717, 1.165) is 6.07 Å². The van der Waals surface area contributed by atoms with Gasteiger partial charge in [-0.15, -0.1) is 0 Å². The second-order valence-electron chi connectivity index (χ2n) is 2.15. The summed E-state index contributed by atoms with van der Waals surface area (Å²) < 4.78 is 29.7. The van der Waals surface area contributed by atoms with Crippen molar-refractivity contribution < 1.29 is 13.5 Å². The Balaban J connectivity index is 3.22. The number of alkyl halides is 2. The van der Waals surface area contributed by atoms with Gasteiger partial charge in [0.2, 0.25) is 5.88 Å². The third-order valence-corrected chi connectivity index (χ3v) is 2.98. The van der Waals surface area contributed by atoms with Gasteiger partial charge in [-0.2, -0.15) is 0 Å². The van der Waals surface area contributed by atoms with E-state index in [0.29, 0.717) is 3.57 Å². The fourth-order valence-electron chi connectivity index (χ4n) is 0.741. The van der Waals surface area contributed by atoms with Crippen molar-refractivity contribution in [2.75, 3.05) is 7.11 Å². The summed E-state index contributed by atoms with van der Waals surface area (Å²) in [7, 11) is 1.36. The van der Waals surface area contributed by atoms with Crippen LogP contribution in [-0.2, 0) is 0 Å². The number of pyridine rings is 1. The molecule has 0 bridgehead atoms. The van der Waals surface area contributed by atoms with E-state index in [1.807, 2.05) is 22.6 Å². The highest BCUT2D eigenvalue weighted by molar-refractivity contribution is 14.1. The molecule has 0 N–H and O–H groups in total. The Morgan fingerprint density at radius 3 is 2.69 bits per heavy atom. The molecule has 2 nitrogen and oxygen atoms in total. The van der Waals surface area contributed by atoms with E-state index in [9.17, 15) is 8.78 Å². The second kappa shape index (κ2) is 4.36. The number of ether oxygens (including phenoxy) is 1. The van der Waals surface area contributed by atoms with E-state index in [4.69, 9.17) is 16.3 Å². The smallest absolute Gasteiger partial charge is 0.280 e. The first kappa shape index (κ1) is 10.9. The third kappa shape index (κ3) is 2.40. The maximum atomic E-state index is 12.2. The number of halogens is 4. The van der Waals surface area contributed by atoms with Crippen LogP contribution >= 0.6 is 34.2 Å². The van der Waals surface area contributed by atoms with Crippen molar-refractivity contribution in [1.29, 1.82) is 0 Å². The predicted molar refractivity (Wildman–Crippen MR) is 53.5 cm³/mol. The van der Waals surface area contributed by atoms with Crippen LogP contribution in [0.2, 0.25) is 5.02 Å². The fraction of sp³-hybridized carbons (Fsp3) is 0.286. The minimum atomic E-state index is -2.64. The molecular formula is C7H5ClF2INO. The van der Waals surface area contributed by atoms with Crippen LogP contribution < -0.4 is 4.74 Å². The zero-order valence-electron chi connectivity index (χ0n) is 6.52. The summed E-state index contributed by atoms with van der Waals surface area (Å²) in [5, 5.41) is 0.225. The van der Waals surface area contributed by atoms with Gasteiger partial charge in [-0.1, -0.05) is 11.6 Å². The molecule has 0 aliphatic rings. The Bertz CT molecular complexity index is 322. The number of rotatable bonds is 2. The zero-order chi connectivity index (χ0) is 10.0. The molecular weight excluding hydrogens is 314 g/mol. The van der Waals surface area contributed by atoms with Crippen LogP contribution in [0.5, 0.6) is 5.88 Å². The molecule has 1 rings (SSSR count). The molecule has 0 aliphatic carbocycles. The summed E-state index contributed by atoms with van der Waals surface area (Å²) >= 11 is 7.56. The Morgan fingerprint density at radius 2 is 2.23 bits per heavy atom. The maximum absolute atomic E-state index is 12.2. The molecule has 1 heterocycles. The first-order valence-corrected chi connectivity index (χ1v) is 4.70. The monoisotopic (exact) mass is 319 g/mol. The highest BCUT2D eigenvalue weighted by Gasteiger charge is 2.15. The Morgan fingerprint density at radius 1 is 1.62 bits per heavy atom. The average molecular weight is 319 g/mol. The standard InChI is InChI=1S/C7H5ClF2INO/c1-13-7-5(11)3(8)2-4(12-7)6(9)10/h2,6H,1H3. The van der Waals surface area contributed by atoms with Crippen molar-refractivity contribution in [3.63, 3.8) is 0 Å². The Kier molecular flexibility index (Phi) is 3.66. The summed E-state index contributed by atoms with van der Waals surface area (Å²) in [6.07, 6.45) is -2.64. The largest absolute Gasteiger partial charge is 0.480 e. The number of methoxy groups -OCH3 is 1. The van der Waals surface area contributed by atoms with Crippen LogP contribution in [0.1, 0.15) is 12.1 Å². The average Bonchev–Trinajstić information content (AvgIpc) is 2.09. The molecule has 72 valence electrons. The highest BCUT2D eigenvalue weighted by atomic mass is 127. The molecule has 0 amide bonds. The van der Waals surface area contributed by atoms with Gasteiger partial charge >= 0.3 is 0 Å². The summed E-state index contributed by atoms with van der Waals surface area (Å²) in [6, 6.07) is 1.14. The van der Waals surface area contributed by atoms with Gasteiger partial charge in [-0.3, -0.25) is 0 Å². The number of aromatic nitrogens is 1. The van der Waals surface area contributed by atoms with Gasteiger partial charge in [0.15, 0.2) is 0 Å². The van der Waals surface area contributed by atoms with Crippen LogP contribution in [0.4, 0.5) is 8.78 Å². The number of hydrogen-bond donors (Lipinski definition) is 0. The van der Waals surface area contributed by atoms with Gasteiger partial charge in [-0.05, 0) is 28.7 Å². The van der Waals surface area contributed by atoms with E-state index >= 15 is 0 Å². The van der Waals surface area contributed by atoms with Gasteiger partial charge in [0.25, 0.3) is 6.43 Å². The highest BCUT2D eigenvalue weighted by Crippen LogP contribution is 2.30. The van der Waals surface area contributed by atoms with Gasteiger partial charge in [0.1, 0.15) is 5.69 Å². The lowest BCUT2D eigenvalue weighted by Gasteiger charge is -2.06. The van der Waals surface area contributed by atoms with Gasteiger partial charge in [0, 0.05) is 0 Å². The molecule has 13 heavy (non-hydrogen) atoms. The van der Waals surface area contributed by atoms with Crippen molar-refractivity contribution in [1.82, 2.24) is 4.98 Å². The topological polar surface area (TPSA) is 22.1 Å². The first-order chi connectivity index (χ1) is 6.06. The van der Waals surface area contributed by atoms with Crippen molar-refractivity contribution in [3.05, 3.63) is 20.4 Å². The molecule has 6 heteroatoms. The molecule has 0 saturated carbocycles. The molecule has 0 unspecified atom stereocenters. The SMILES string of the molecule is COc1nc(C(F)F)cc(Cl)c1I. The Labute approximate surface area is 92.4 Å². The van der Waals surface area contributed by atoms with Crippen molar-refractivity contribution in [3.8, 4) is 5.88 Å². The van der Waals surface area contributed by atoms with Gasteiger partial charge < -0.3 is 4.74 Å². The van der Waals surface area contributed by atoms with Crippen LogP contribution in [0, 0.1) is 3.57 Å². The van der Waals surface area contributed by atoms with Crippen LogP contribution in [-0.4, -0.2) is 12.1 Å². The van der Waals surface area contributed by atoms with E-state index in [2.05, 4.69) is 4.98 Å². The van der Waals surface area contributed by atoms with Crippen LogP contribution in [0.15, 0.2) is 6.07 Å². The van der Waals surface area contributed by atoms with Crippen molar-refractivity contribution in [2.24, 2.45) is 0 Å². The van der Waals surface area contributed by atoms with Crippen molar-refractivity contribution in [2.45, 2.75) is 6.43 Å². The third-order valence-electron chi connectivity index (χ3n) is 1.32. The second-order valence-corrected chi connectivity index (χ2v) is 3.64. The minimum Gasteiger partial charge on any atom is -0.480 e. The van der Waals surface area contributed by atoms with Crippen LogP contribution in [0.3, 0.4) is 0 Å². The lowest BCUT2D eigenvalue weighted by Crippen LogP contribution is -1.97. The first-order valence-electron chi connectivity index (χ1n) is 3.24. The van der Waals surface area contributed by atoms with Crippen molar-refractivity contribution >= 4 is 34.2 Å². The van der Waals surface area contributed by atoms with Gasteiger partial charge in [0.05, 0.1) is 15.7 Å². The summed E-state index contributed by atoms with van der Waals surface area (Å²) in [5.41, 5.74) is -0.373. The summed E-state index contributed by atoms with van der Waals surface area (Å²) in [6.45, 7) is 0. The normalized spacial score (nSPS) is 10.6.